The molecule has 0 amide bonds. The van der Waals surface area contributed by atoms with Crippen LogP contribution in [0.15, 0.2) is 149 Å². The zero-order valence-electron chi connectivity index (χ0n) is 29.1. The van der Waals surface area contributed by atoms with Gasteiger partial charge in [0.1, 0.15) is 13.2 Å². The van der Waals surface area contributed by atoms with Gasteiger partial charge in [-0.25, -0.2) is 14.4 Å². The fourth-order valence-electron chi connectivity index (χ4n) is 4.97. The van der Waals surface area contributed by atoms with Crippen LogP contribution in [0.5, 0.6) is 0 Å². The molecule has 0 fully saturated rings. The van der Waals surface area contributed by atoms with Crippen molar-refractivity contribution in [2.24, 2.45) is 0 Å². The molecule has 0 radical (unpaired) electrons. The summed E-state index contributed by atoms with van der Waals surface area (Å²) in [7, 11) is -9.04. The average Bonchev–Trinajstić information content (AvgIpc) is 3.18. The van der Waals surface area contributed by atoms with E-state index in [9.17, 15) is 31.2 Å². The Kier molecular flexibility index (Phi) is 13.1. The number of ether oxygens (including phenoxy) is 3. The lowest BCUT2D eigenvalue weighted by Crippen LogP contribution is -2.50. The second kappa shape index (κ2) is 17.9. The van der Waals surface area contributed by atoms with Crippen LogP contribution < -0.4 is 0 Å². The number of benzene rings is 5. The highest BCUT2D eigenvalue weighted by Gasteiger charge is 2.41. The minimum absolute atomic E-state index is 0.0187. The normalized spacial score (nSPS) is 12.7. The quantitative estimate of drug-likeness (QED) is 0.0645. The van der Waals surface area contributed by atoms with E-state index in [1.54, 1.807) is 92.7 Å². The average molecular weight is 773 g/mol. The largest absolute Gasteiger partial charge is 0.452 e. The monoisotopic (exact) mass is 772 g/mol. The third kappa shape index (κ3) is 10.7. The van der Waals surface area contributed by atoms with Gasteiger partial charge in [-0.1, -0.05) is 90.0 Å². The summed E-state index contributed by atoms with van der Waals surface area (Å²) < 4.78 is 81.7. The predicted octanol–water partition coefficient (Wildman–Crippen LogP) is 6.09. The van der Waals surface area contributed by atoms with E-state index in [4.69, 9.17) is 22.6 Å². The molecule has 0 heterocycles. The van der Waals surface area contributed by atoms with Crippen LogP contribution in [-0.4, -0.2) is 66.3 Å². The van der Waals surface area contributed by atoms with Crippen LogP contribution in [0.1, 0.15) is 42.2 Å². The zero-order valence-corrected chi connectivity index (χ0v) is 30.8. The molecule has 12 nitrogen and oxygen atoms in total. The minimum atomic E-state index is -4.52. The highest BCUT2D eigenvalue weighted by atomic mass is 32.2. The van der Waals surface area contributed by atoms with Gasteiger partial charge in [0.25, 0.3) is 20.2 Å². The van der Waals surface area contributed by atoms with E-state index < -0.39 is 69.7 Å². The lowest BCUT2D eigenvalue weighted by molar-refractivity contribution is -0.104. The van der Waals surface area contributed by atoms with Gasteiger partial charge < -0.3 is 14.2 Å². The molecule has 0 bridgehead atoms. The topological polar surface area (TPSA) is 166 Å². The molecule has 0 aliphatic rings. The molecule has 2 atom stereocenters. The molecule has 0 unspecified atom stereocenters. The summed E-state index contributed by atoms with van der Waals surface area (Å²) in [6.45, 7) is 1.59. The molecule has 54 heavy (non-hydrogen) atoms. The molecule has 0 saturated carbocycles. The van der Waals surface area contributed by atoms with Gasteiger partial charge in [-0.15, -0.1) is 0 Å². The summed E-state index contributed by atoms with van der Waals surface area (Å²) in [6, 6.07) is 34.4. The van der Waals surface area contributed by atoms with Crippen LogP contribution in [0.25, 0.3) is 0 Å². The van der Waals surface area contributed by atoms with E-state index in [-0.39, 0.29) is 26.5 Å². The molecule has 5 aromatic rings. The highest BCUT2D eigenvalue weighted by molar-refractivity contribution is 7.87. The highest BCUT2D eigenvalue weighted by Crippen LogP contribution is 2.24. The summed E-state index contributed by atoms with van der Waals surface area (Å²) in [5.41, 5.74) is 1.65. The second-order valence-corrected chi connectivity index (χ2v) is 15.2. The molecule has 14 heteroatoms. The van der Waals surface area contributed by atoms with Crippen molar-refractivity contribution in [3.05, 3.63) is 167 Å². The van der Waals surface area contributed by atoms with Crippen molar-refractivity contribution in [3.63, 3.8) is 0 Å². The lowest BCUT2D eigenvalue weighted by Gasteiger charge is -2.32. The first kappa shape index (κ1) is 39.5. The van der Waals surface area contributed by atoms with E-state index in [1.807, 2.05) is 0 Å². The molecule has 0 aliphatic heterocycles. The first-order chi connectivity index (χ1) is 25.8. The van der Waals surface area contributed by atoms with Crippen LogP contribution in [-0.2, 0) is 42.8 Å². The van der Waals surface area contributed by atoms with Gasteiger partial charge in [-0.3, -0.25) is 8.37 Å². The number of carbonyl (C=O) groups is 3. The second-order valence-electron chi connectivity index (χ2n) is 12.0. The molecule has 5 rings (SSSR count). The van der Waals surface area contributed by atoms with Crippen LogP contribution in [0.3, 0.4) is 0 Å². The maximum atomic E-state index is 13.7. The van der Waals surface area contributed by atoms with Crippen molar-refractivity contribution in [2.45, 2.75) is 42.0 Å². The molecule has 0 aromatic heterocycles. The van der Waals surface area contributed by atoms with Gasteiger partial charge in [0.15, 0.2) is 18.3 Å². The van der Waals surface area contributed by atoms with Crippen LogP contribution in [0, 0.1) is 13.8 Å². The van der Waals surface area contributed by atoms with E-state index in [0.29, 0.717) is 0 Å². The standard InChI is InChI=1S/C40H36O12S2/c1-28-18-22-33(23-19-28)53(44,45)48-26-35(50-38(41)30-12-6-3-7-13-30)37(52-40(43)32-16-10-5-11-17-32)36(51-39(42)31-14-8-4-9-15-31)27-49-54(46,47)34-24-20-29(2)21-25-34/h3-25,35-37H,26-27H2,1-2H3/t35-,36-/m0/s1. The van der Waals surface area contributed by atoms with Gasteiger partial charge in [0, 0.05) is 0 Å². The zero-order chi connectivity index (χ0) is 38.7. The minimum Gasteiger partial charge on any atom is -0.452 e. The molecule has 0 aliphatic carbocycles. The van der Waals surface area contributed by atoms with Gasteiger partial charge in [0.05, 0.1) is 26.5 Å². The van der Waals surface area contributed by atoms with Gasteiger partial charge in [-0.2, -0.15) is 16.8 Å². The number of rotatable bonds is 16. The summed E-state index contributed by atoms with van der Waals surface area (Å²) in [6.07, 6.45) is -5.60. The predicted molar refractivity (Wildman–Crippen MR) is 196 cm³/mol. The third-order valence-corrected chi connectivity index (χ3v) is 10.5. The molecular weight excluding hydrogens is 737 g/mol. The summed E-state index contributed by atoms with van der Waals surface area (Å²) in [4.78, 5) is 40.3. The number of aryl methyl sites for hydroxylation is 2. The maximum Gasteiger partial charge on any atom is 0.338 e. The van der Waals surface area contributed by atoms with Crippen LogP contribution in [0.4, 0.5) is 0 Å². The van der Waals surface area contributed by atoms with Crippen molar-refractivity contribution in [3.8, 4) is 0 Å². The van der Waals surface area contributed by atoms with E-state index in [1.165, 1.54) is 60.7 Å². The Labute approximate surface area is 313 Å². The Morgan fingerprint density at radius 1 is 0.444 bits per heavy atom. The number of esters is 3. The summed E-state index contributed by atoms with van der Waals surface area (Å²) in [5, 5.41) is 0. The fraction of sp³-hybridized carbons (Fsp3) is 0.175. The molecule has 0 N–H and O–H groups in total. The Morgan fingerprint density at radius 3 is 1.06 bits per heavy atom. The van der Waals surface area contributed by atoms with Crippen LogP contribution >= 0.6 is 0 Å². The van der Waals surface area contributed by atoms with E-state index in [0.717, 1.165) is 11.1 Å². The summed E-state index contributed by atoms with van der Waals surface area (Å²) in [5.74, 6) is -2.98. The molecule has 280 valence electrons. The van der Waals surface area contributed by atoms with E-state index >= 15 is 0 Å². The van der Waals surface area contributed by atoms with Crippen molar-refractivity contribution < 1.29 is 53.8 Å². The smallest absolute Gasteiger partial charge is 0.338 e. The first-order valence-corrected chi connectivity index (χ1v) is 19.3. The van der Waals surface area contributed by atoms with Crippen LogP contribution in [0.2, 0.25) is 0 Å². The molecule has 5 aromatic carbocycles. The molecule has 0 spiro atoms. The Bertz CT molecular complexity index is 2110. The van der Waals surface area contributed by atoms with Gasteiger partial charge in [0.2, 0.25) is 0 Å². The first-order valence-electron chi connectivity index (χ1n) is 16.5. The fourth-order valence-corrected chi connectivity index (χ4v) is 6.81. The third-order valence-electron chi connectivity index (χ3n) is 7.92. The number of hydrogen-bond acceptors (Lipinski definition) is 12. The Hall–Kier alpha value is -5.67. The Morgan fingerprint density at radius 2 is 0.741 bits per heavy atom. The number of hydrogen-bond donors (Lipinski definition) is 0. The van der Waals surface area contributed by atoms with Crippen molar-refractivity contribution in [2.75, 3.05) is 13.2 Å². The maximum absolute atomic E-state index is 13.7. The van der Waals surface area contributed by atoms with Crippen molar-refractivity contribution in [1.82, 2.24) is 0 Å². The summed E-state index contributed by atoms with van der Waals surface area (Å²) >= 11 is 0. The van der Waals surface area contributed by atoms with Crippen molar-refractivity contribution in [1.29, 1.82) is 0 Å². The van der Waals surface area contributed by atoms with E-state index in [2.05, 4.69) is 0 Å². The van der Waals surface area contributed by atoms with Gasteiger partial charge in [-0.05, 0) is 74.5 Å². The van der Waals surface area contributed by atoms with Gasteiger partial charge >= 0.3 is 17.9 Å². The SMILES string of the molecule is Cc1ccc(S(=O)(=O)OC[C@H](OC(=O)c2ccccc2)C(OC(=O)c2ccccc2)[C@H](COS(=O)(=O)c2ccc(C)cc2)OC(=O)c2ccccc2)cc1. The number of carbonyl (C=O) groups excluding carboxylic acids is 3. The van der Waals surface area contributed by atoms with Crippen molar-refractivity contribution >= 4 is 38.1 Å². The Balaban J connectivity index is 1.58. The lowest BCUT2D eigenvalue weighted by atomic mass is 10.1. The molecule has 0 saturated heterocycles. The molecular formula is C40H36O12S2.